The summed E-state index contributed by atoms with van der Waals surface area (Å²) in [6.07, 6.45) is 0. The number of rotatable bonds is 14. The number of nitro benzene ring substituents is 2. The summed E-state index contributed by atoms with van der Waals surface area (Å²) in [4.78, 5) is 58.0. The Balaban J connectivity index is 0.000000328. The topological polar surface area (TPSA) is 543 Å². The third kappa shape index (κ3) is 15.0. The van der Waals surface area contributed by atoms with Gasteiger partial charge in [0.05, 0.1) is 26.5 Å². The third-order valence-electron chi connectivity index (χ3n) is 10.4. The third-order valence-corrected chi connectivity index (χ3v) is 14.0. The van der Waals surface area contributed by atoms with Gasteiger partial charge < -0.3 is 67.5 Å². The Bertz CT molecular complexity index is 3850. The average Bonchev–Trinajstić information content (AvgIpc) is 3.34. The molecule has 0 aromatic heterocycles. The number of hydrogen-bond donors (Lipinski definition) is 11. The first-order valence-electron chi connectivity index (χ1n) is 20.6. The smallest absolute Gasteiger partial charge is 0.871 e. The number of nitro groups is 2. The Morgan fingerprint density at radius 2 is 0.975 bits per heavy atom. The molecular weight excluding hydrogens is 1170 g/mol. The normalized spacial score (nSPS) is 12.3. The predicted molar refractivity (Wildman–Crippen MR) is 275 cm³/mol. The van der Waals surface area contributed by atoms with Gasteiger partial charge in [0.2, 0.25) is 0 Å². The maximum absolute atomic E-state index is 13.1. The monoisotopic (exact) mass is 1210 g/mol. The summed E-state index contributed by atoms with van der Waals surface area (Å²) >= 11 is 0. The number of anilines is 4. The van der Waals surface area contributed by atoms with Gasteiger partial charge in [-0.05, 0) is 95.0 Å². The molecule has 0 radical (unpaired) electrons. The van der Waals surface area contributed by atoms with Gasteiger partial charge in [0, 0.05) is 57.7 Å². The van der Waals surface area contributed by atoms with Crippen molar-refractivity contribution in [3.8, 4) is 23.0 Å². The Morgan fingerprint density at radius 1 is 0.532 bits per heavy atom. The van der Waals surface area contributed by atoms with Gasteiger partial charge in [-0.3, -0.25) is 33.9 Å². The second-order valence-electron chi connectivity index (χ2n) is 15.6. The Morgan fingerprint density at radius 3 is 1.49 bits per heavy atom. The molecule has 8 aromatic carbocycles. The molecule has 8 rings (SSSR count). The molecule has 0 spiro atoms. The number of nitrogens with zero attached hydrogens (tertiary/aromatic N) is 6. The summed E-state index contributed by atoms with van der Waals surface area (Å²) in [5.41, 5.74) is -2.16. The van der Waals surface area contributed by atoms with Crippen LogP contribution in [0.3, 0.4) is 0 Å². The standard InChI is InChI=1S/2C22H17N4O10PS.Co.2H3N/c2*27-19-7-5-15(26(29)30)11-18(19)24-25-21-20(38(34,35)36)9-12-8-14(4-6-17(12)22(21)28)23-13-2-1-3-16(10-13)37(31,32)33;;;/h2*1-11,23,27-28H,(H2,31,32,33)(H,34,35,36);;2*1H3/q;;+3;;/p-3. The van der Waals surface area contributed by atoms with E-state index in [2.05, 4.69) is 31.1 Å². The van der Waals surface area contributed by atoms with Crippen LogP contribution in [0.25, 0.3) is 21.5 Å². The molecule has 0 aliphatic heterocycles. The molecule has 0 fully saturated rings. The summed E-state index contributed by atoms with van der Waals surface area (Å²) < 4.78 is 90.7. The van der Waals surface area contributed by atoms with E-state index in [4.69, 9.17) is 0 Å². The van der Waals surface area contributed by atoms with Gasteiger partial charge in [-0.1, -0.05) is 41.8 Å². The van der Waals surface area contributed by atoms with Crippen LogP contribution >= 0.6 is 15.2 Å². The molecule has 0 saturated heterocycles. The predicted octanol–water partition coefficient (Wildman–Crippen LogP) is 7.16. The molecule has 0 bridgehead atoms. The fraction of sp³-hybridized carbons (Fsp3) is 0. The maximum atomic E-state index is 13.1. The first-order chi connectivity index (χ1) is 35.5. The zero-order chi connectivity index (χ0) is 55.7. The van der Waals surface area contributed by atoms with Crippen LogP contribution in [0.4, 0.5) is 56.9 Å². The van der Waals surface area contributed by atoms with E-state index >= 15 is 0 Å². The van der Waals surface area contributed by atoms with Gasteiger partial charge in [-0.25, -0.2) is 0 Å². The fourth-order valence-corrected chi connectivity index (χ4v) is 9.37. The number of benzene rings is 8. The second-order valence-corrected chi connectivity index (χ2v) is 21.5. The maximum Gasteiger partial charge on any atom is 3.00 e. The van der Waals surface area contributed by atoms with Crippen molar-refractivity contribution in [3.63, 3.8) is 0 Å². The molecule has 8 aromatic rings. The van der Waals surface area contributed by atoms with Crippen molar-refractivity contribution >= 4 is 124 Å². The Labute approximate surface area is 454 Å². The van der Waals surface area contributed by atoms with E-state index in [1.807, 2.05) is 0 Å². The van der Waals surface area contributed by atoms with Crippen molar-refractivity contribution < 1.29 is 102 Å². The molecule has 0 aliphatic carbocycles. The molecule has 30 nitrogen and oxygen atoms in total. The van der Waals surface area contributed by atoms with Crippen molar-refractivity contribution in [2.24, 2.45) is 20.5 Å². The number of nitrogens with one attached hydrogen (secondary N) is 2. The quantitative estimate of drug-likeness (QED) is 0.0169. The first-order valence-corrected chi connectivity index (χ1v) is 26.7. The number of aromatic hydroxyl groups is 2. The molecule has 15 N–H and O–H groups in total. The fourth-order valence-electron chi connectivity index (χ4n) is 6.90. The van der Waals surface area contributed by atoms with Gasteiger partial charge in [0.15, 0.2) is 13.3 Å². The molecule has 414 valence electrons. The molecule has 1 unspecified atom stereocenters. The number of non-ortho nitro benzene ring substituents is 2. The number of phenolic OH excluding ortho intramolecular Hbond substituents is 2. The number of phenols is 2. The first kappa shape index (κ1) is 63.2. The van der Waals surface area contributed by atoms with Crippen LogP contribution in [0.15, 0.2) is 164 Å². The van der Waals surface area contributed by atoms with Gasteiger partial charge in [0.25, 0.3) is 31.6 Å². The summed E-state index contributed by atoms with van der Waals surface area (Å²) in [5.74, 6) is -2.96. The van der Waals surface area contributed by atoms with E-state index < -0.39 is 112 Å². The molecule has 0 amide bonds. The second kappa shape index (κ2) is 24.5. The van der Waals surface area contributed by atoms with Crippen LogP contribution in [0.1, 0.15) is 0 Å². The van der Waals surface area contributed by atoms with Crippen LogP contribution in [0.2, 0.25) is 0 Å². The van der Waals surface area contributed by atoms with E-state index in [1.165, 1.54) is 78.9 Å². The number of fused-ring (bicyclic) bond motifs is 2. The molecule has 79 heavy (non-hydrogen) atoms. The average molecular weight is 1210 g/mol. The summed E-state index contributed by atoms with van der Waals surface area (Å²) in [6.45, 7) is 0. The minimum Gasteiger partial charge on any atom is -0.871 e. The molecule has 0 heterocycles. The summed E-state index contributed by atoms with van der Waals surface area (Å²) in [6, 6.07) is 26.4. The van der Waals surface area contributed by atoms with E-state index in [1.54, 1.807) is 0 Å². The van der Waals surface area contributed by atoms with Gasteiger partial charge in [0.1, 0.15) is 26.9 Å². The van der Waals surface area contributed by atoms with Gasteiger partial charge in [-0.15, -0.1) is 15.3 Å². The van der Waals surface area contributed by atoms with Crippen molar-refractivity contribution in [2.75, 3.05) is 10.6 Å². The number of azo groups is 2. The molecule has 1 atom stereocenters. The zero-order valence-corrected chi connectivity index (χ0v) is 43.7. The SMILES string of the molecule is N.N.O=[N+]([O-])c1ccc(O)c(N=Nc2c(S(=O)(=O)O)cc3cc(Nc4cccc(P(=O)(O)O)c4)ccc3c2O)c1.O=[N+]([O-])c1ccc([O-])c(N=Nc2c(S(=O)(=O)O)cc3cc(Nc4cccc(P(=O)([O-])O)c4)ccc3c2[O-])c1.[Co+3]. The van der Waals surface area contributed by atoms with Crippen LogP contribution in [0.5, 0.6) is 23.0 Å². The van der Waals surface area contributed by atoms with Crippen molar-refractivity contribution in [1.29, 1.82) is 0 Å². The Kier molecular flexibility index (Phi) is 19.6. The molecular formula is C44H37CoN10O20P2S2. The molecule has 0 aliphatic rings. The Hall–Kier alpha value is -8.37. The van der Waals surface area contributed by atoms with Crippen LogP contribution < -0.4 is 48.7 Å². The van der Waals surface area contributed by atoms with E-state index in [9.17, 15) is 95.3 Å². The van der Waals surface area contributed by atoms with Crippen molar-refractivity contribution in [3.05, 3.63) is 154 Å². The van der Waals surface area contributed by atoms with E-state index in [0.717, 1.165) is 54.6 Å². The minimum atomic E-state index is -5.03. The van der Waals surface area contributed by atoms with E-state index in [-0.39, 0.29) is 72.6 Å². The van der Waals surface area contributed by atoms with Crippen molar-refractivity contribution in [1.82, 2.24) is 12.3 Å². The van der Waals surface area contributed by atoms with Crippen LogP contribution in [0, 0.1) is 20.2 Å². The van der Waals surface area contributed by atoms with Crippen molar-refractivity contribution in [2.45, 2.75) is 9.79 Å². The van der Waals surface area contributed by atoms with Crippen LogP contribution in [-0.2, 0) is 46.1 Å². The van der Waals surface area contributed by atoms with Gasteiger partial charge in [-0.2, -0.15) is 21.9 Å². The molecule has 0 saturated carbocycles. The van der Waals surface area contributed by atoms with E-state index in [0.29, 0.717) is 11.4 Å². The minimum absolute atomic E-state index is 0. The van der Waals surface area contributed by atoms with Gasteiger partial charge >= 0.3 is 24.4 Å². The summed E-state index contributed by atoms with van der Waals surface area (Å²) in [5, 5.41) is 87.4. The largest absolute Gasteiger partial charge is 3.00 e. The number of hydrogen-bond acceptors (Lipinski definition) is 23. The zero-order valence-electron chi connectivity index (χ0n) is 39.3. The van der Waals surface area contributed by atoms with Crippen LogP contribution in [-0.4, -0.2) is 60.7 Å². The summed E-state index contributed by atoms with van der Waals surface area (Å²) in [7, 11) is -19.3. The molecule has 35 heteroatoms.